The molecule has 0 saturated carbocycles. The summed E-state index contributed by atoms with van der Waals surface area (Å²) < 4.78 is 40.3. The minimum atomic E-state index is -4.51. The molecule has 0 spiro atoms. The van der Waals surface area contributed by atoms with Crippen LogP contribution in [0.4, 0.5) is 19.0 Å². The van der Waals surface area contributed by atoms with E-state index in [1.54, 1.807) is 26.9 Å². The number of rotatable bonds is 4. The third-order valence-electron chi connectivity index (χ3n) is 5.47. The van der Waals surface area contributed by atoms with Gasteiger partial charge in [-0.25, -0.2) is 14.6 Å². The molecule has 174 valence electrons. The lowest BCUT2D eigenvalue weighted by atomic mass is 10.0. The van der Waals surface area contributed by atoms with Crippen LogP contribution in [0, 0.1) is 0 Å². The molecule has 1 amide bonds. The Morgan fingerprint density at radius 1 is 1.09 bits per heavy atom. The summed E-state index contributed by atoms with van der Waals surface area (Å²) in [6, 6.07) is 6.37. The molecule has 0 radical (unpaired) electrons. The number of anilines is 1. The number of hydrogen-bond acceptors (Lipinski definition) is 5. The largest absolute Gasteiger partial charge is 0.417 e. The lowest BCUT2D eigenvalue weighted by Crippen LogP contribution is -2.49. The van der Waals surface area contributed by atoms with Crippen LogP contribution in [0.2, 0.25) is 5.02 Å². The van der Waals surface area contributed by atoms with Gasteiger partial charge in [-0.1, -0.05) is 31.5 Å². The summed E-state index contributed by atoms with van der Waals surface area (Å²) in [7, 11) is 0. The van der Waals surface area contributed by atoms with Crippen LogP contribution in [-0.2, 0) is 6.18 Å². The summed E-state index contributed by atoms with van der Waals surface area (Å²) in [5, 5.41) is 4.34. The van der Waals surface area contributed by atoms with E-state index in [0.717, 1.165) is 18.0 Å². The Labute approximate surface area is 193 Å². The number of pyridine rings is 2. The molecule has 1 aliphatic rings. The number of carbonyl (C=O) groups excluding carboxylic acids is 1. The van der Waals surface area contributed by atoms with Crippen LogP contribution in [0.5, 0.6) is 0 Å². The van der Waals surface area contributed by atoms with Crippen molar-refractivity contribution < 1.29 is 18.0 Å². The van der Waals surface area contributed by atoms with Crippen molar-refractivity contribution in [2.45, 2.75) is 25.9 Å². The lowest BCUT2D eigenvalue weighted by molar-refractivity contribution is -0.137. The highest BCUT2D eigenvalue weighted by Crippen LogP contribution is 2.34. The molecule has 0 aromatic carbocycles. The quantitative estimate of drug-likeness (QED) is 0.555. The number of hydrogen-bond donors (Lipinski definition) is 0. The second kappa shape index (κ2) is 9.01. The number of aromatic nitrogens is 4. The second-order valence-electron chi connectivity index (χ2n) is 8.00. The van der Waals surface area contributed by atoms with Crippen molar-refractivity contribution in [3.63, 3.8) is 0 Å². The summed E-state index contributed by atoms with van der Waals surface area (Å²) >= 11 is 6.08. The van der Waals surface area contributed by atoms with E-state index in [-0.39, 0.29) is 22.7 Å². The van der Waals surface area contributed by atoms with Gasteiger partial charge in [-0.15, -0.1) is 0 Å². The molecule has 3 aromatic rings. The Bertz CT molecular complexity index is 1140. The molecule has 0 unspecified atom stereocenters. The van der Waals surface area contributed by atoms with Crippen molar-refractivity contribution in [1.29, 1.82) is 0 Å². The molecule has 0 aliphatic carbocycles. The molecule has 0 atom stereocenters. The van der Waals surface area contributed by atoms with Gasteiger partial charge in [-0.3, -0.25) is 4.79 Å². The number of piperazine rings is 1. The number of nitrogens with zero attached hydrogens (tertiary/aromatic N) is 6. The summed E-state index contributed by atoms with van der Waals surface area (Å²) in [5.41, 5.74) is 0.388. The maximum absolute atomic E-state index is 13.3. The lowest BCUT2D eigenvalue weighted by Gasteiger charge is -2.36. The van der Waals surface area contributed by atoms with Gasteiger partial charge in [-0.2, -0.15) is 18.3 Å². The van der Waals surface area contributed by atoms with Gasteiger partial charge in [0.1, 0.15) is 5.82 Å². The minimum absolute atomic E-state index is 0.0323. The van der Waals surface area contributed by atoms with Crippen LogP contribution in [0.3, 0.4) is 0 Å². The zero-order valence-electron chi connectivity index (χ0n) is 18.1. The van der Waals surface area contributed by atoms with E-state index in [4.69, 9.17) is 11.6 Å². The SMILES string of the molecule is CC(C)c1c(C(=O)N2CCN(c3ncc(C(F)(F)F)cc3Cl)CC2)cnn1-c1ccccn1. The standard InChI is InChI=1S/C22H22ClF3N6O/c1-14(2)19-16(13-29-32(19)18-5-3-4-6-27-18)21(33)31-9-7-30(8-10-31)20-17(23)11-15(12-28-20)22(24,25)26/h3-6,11-14H,7-10H2,1-2H3. The second-order valence-corrected chi connectivity index (χ2v) is 8.41. The van der Waals surface area contributed by atoms with Gasteiger partial charge < -0.3 is 9.80 Å². The van der Waals surface area contributed by atoms with E-state index in [9.17, 15) is 18.0 Å². The number of halogens is 4. The van der Waals surface area contributed by atoms with Gasteiger partial charge in [-0.05, 0) is 24.1 Å². The summed E-state index contributed by atoms with van der Waals surface area (Å²) in [5.74, 6) is 0.799. The highest BCUT2D eigenvalue weighted by atomic mass is 35.5. The van der Waals surface area contributed by atoms with Crippen molar-refractivity contribution in [1.82, 2.24) is 24.6 Å². The third kappa shape index (κ3) is 4.66. The van der Waals surface area contributed by atoms with Crippen LogP contribution in [0.15, 0.2) is 42.9 Å². The van der Waals surface area contributed by atoms with Crippen molar-refractivity contribution in [3.8, 4) is 5.82 Å². The average molecular weight is 479 g/mol. The first-order valence-electron chi connectivity index (χ1n) is 10.4. The van der Waals surface area contributed by atoms with Crippen LogP contribution < -0.4 is 4.90 Å². The van der Waals surface area contributed by atoms with Gasteiger partial charge in [0.05, 0.1) is 28.0 Å². The fraction of sp³-hybridized carbons (Fsp3) is 0.364. The molecular formula is C22H22ClF3N6O. The monoisotopic (exact) mass is 478 g/mol. The van der Waals surface area contributed by atoms with Crippen molar-refractivity contribution in [2.24, 2.45) is 0 Å². The molecule has 4 rings (SSSR count). The van der Waals surface area contributed by atoms with E-state index >= 15 is 0 Å². The predicted octanol–water partition coefficient (Wildman–Crippen LogP) is 4.42. The Morgan fingerprint density at radius 2 is 1.82 bits per heavy atom. The van der Waals surface area contributed by atoms with Crippen LogP contribution >= 0.6 is 11.6 Å². The molecule has 1 fully saturated rings. The van der Waals surface area contributed by atoms with E-state index in [1.165, 1.54) is 0 Å². The summed E-state index contributed by atoms with van der Waals surface area (Å²) in [6.07, 6.45) is -0.497. The predicted molar refractivity (Wildman–Crippen MR) is 118 cm³/mol. The topological polar surface area (TPSA) is 67.2 Å². The van der Waals surface area contributed by atoms with Gasteiger partial charge >= 0.3 is 6.18 Å². The zero-order valence-corrected chi connectivity index (χ0v) is 18.8. The van der Waals surface area contributed by atoms with Crippen molar-refractivity contribution in [3.05, 3.63) is 64.7 Å². The number of carbonyl (C=O) groups is 1. The average Bonchev–Trinajstić information content (AvgIpc) is 3.24. The fourth-order valence-corrected chi connectivity index (χ4v) is 4.14. The molecule has 0 N–H and O–H groups in total. The van der Waals surface area contributed by atoms with Gasteiger partial charge in [0.2, 0.25) is 0 Å². The molecular weight excluding hydrogens is 457 g/mol. The zero-order chi connectivity index (χ0) is 23.8. The molecule has 11 heteroatoms. The first-order chi connectivity index (χ1) is 15.7. The summed E-state index contributed by atoms with van der Waals surface area (Å²) in [4.78, 5) is 25.0. The Morgan fingerprint density at radius 3 is 2.39 bits per heavy atom. The van der Waals surface area contributed by atoms with E-state index in [0.29, 0.717) is 37.6 Å². The molecule has 33 heavy (non-hydrogen) atoms. The summed E-state index contributed by atoms with van der Waals surface area (Å²) in [6.45, 7) is 5.53. The van der Waals surface area contributed by atoms with Gasteiger partial charge in [0.15, 0.2) is 5.82 Å². The normalized spacial score (nSPS) is 14.8. The number of alkyl halides is 3. The maximum Gasteiger partial charge on any atom is 0.417 e. The van der Waals surface area contributed by atoms with Crippen molar-refractivity contribution >= 4 is 23.3 Å². The maximum atomic E-state index is 13.3. The first-order valence-corrected chi connectivity index (χ1v) is 10.8. The smallest absolute Gasteiger partial charge is 0.352 e. The first kappa shape index (κ1) is 23.0. The van der Waals surface area contributed by atoms with Gasteiger partial charge in [0, 0.05) is 38.6 Å². The van der Waals surface area contributed by atoms with Crippen molar-refractivity contribution in [2.75, 3.05) is 31.1 Å². The van der Waals surface area contributed by atoms with Gasteiger partial charge in [0.25, 0.3) is 5.91 Å². The fourth-order valence-electron chi connectivity index (χ4n) is 3.85. The molecule has 1 saturated heterocycles. The highest BCUT2D eigenvalue weighted by Gasteiger charge is 2.33. The van der Waals surface area contributed by atoms with Crippen LogP contribution in [0.25, 0.3) is 5.82 Å². The highest BCUT2D eigenvalue weighted by molar-refractivity contribution is 6.33. The Hall–Kier alpha value is -3.14. The molecule has 1 aliphatic heterocycles. The van der Waals surface area contributed by atoms with E-state index < -0.39 is 11.7 Å². The number of amides is 1. The Balaban J connectivity index is 1.50. The van der Waals surface area contributed by atoms with E-state index in [2.05, 4.69) is 15.1 Å². The molecule has 3 aromatic heterocycles. The third-order valence-corrected chi connectivity index (χ3v) is 5.74. The molecule has 0 bridgehead atoms. The van der Waals surface area contributed by atoms with E-state index in [1.807, 2.05) is 32.0 Å². The van der Waals surface area contributed by atoms with Crippen LogP contribution in [0.1, 0.15) is 41.4 Å². The Kier molecular flexibility index (Phi) is 6.29. The molecule has 7 nitrogen and oxygen atoms in total. The van der Waals surface area contributed by atoms with Crippen LogP contribution in [-0.4, -0.2) is 56.7 Å². The minimum Gasteiger partial charge on any atom is -0.352 e. The molecule has 4 heterocycles.